The standard InChI is InChI=1S/C16H16BrN3O3/c1-9-5-12(3-4-13(9)17)20-8-11(7-15(20)21)16(22)18-14-6-10(2)23-19-14/h3-6,11H,7-8H2,1-2H3,(H,18,19,22)/t11-/m1/s1. The molecule has 1 aliphatic rings. The van der Waals surface area contributed by atoms with E-state index in [0.717, 1.165) is 15.7 Å². The fraction of sp³-hybridized carbons (Fsp3) is 0.312. The van der Waals surface area contributed by atoms with E-state index in [1.165, 1.54) is 0 Å². The highest BCUT2D eigenvalue weighted by atomic mass is 79.9. The first kappa shape index (κ1) is 15.7. The summed E-state index contributed by atoms with van der Waals surface area (Å²) >= 11 is 3.44. The number of aromatic nitrogens is 1. The van der Waals surface area contributed by atoms with Crippen LogP contribution in [0.25, 0.3) is 0 Å². The molecule has 1 saturated heterocycles. The number of nitrogens with zero attached hydrogens (tertiary/aromatic N) is 2. The highest BCUT2D eigenvalue weighted by molar-refractivity contribution is 9.10. The minimum atomic E-state index is -0.400. The summed E-state index contributed by atoms with van der Waals surface area (Å²) in [4.78, 5) is 26.2. The SMILES string of the molecule is Cc1cc(NC(=O)[C@@H]2CC(=O)N(c3ccc(Br)c(C)c3)C2)no1. The lowest BCUT2D eigenvalue weighted by Gasteiger charge is -2.17. The number of anilines is 2. The zero-order valence-electron chi connectivity index (χ0n) is 12.8. The van der Waals surface area contributed by atoms with E-state index in [9.17, 15) is 9.59 Å². The van der Waals surface area contributed by atoms with Gasteiger partial charge in [-0.15, -0.1) is 0 Å². The van der Waals surface area contributed by atoms with E-state index in [1.54, 1.807) is 17.9 Å². The molecular weight excluding hydrogens is 362 g/mol. The monoisotopic (exact) mass is 377 g/mol. The normalized spacial score (nSPS) is 17.6. The zero-order chi connectivity index (χ0) is 16.6. The summed E-state index contributed by atoms with van der Waals surface area (Å²) in [6.45, 7) is 4.08. The molecule has 3 rings (SSSR count). The molecule has 2 aromatic rings. The van der Waals surface area contributed by atoms with Crippen molar-refractivity contribution in [3.05, 3.63) is 40.1 Å². The second-order valence-electron chi connectivity index (χ2n) is 5.65. The lowest BCUT2D eigenvalue weighted by molar-refractivity contribution is -0.122. The molecule has 7 heteroatoms. The Morgan fingerprint density at radius 3 is 2.83 bits per heavy atom. The van der Waals surface area contributed by atoms with Gasteiger partial charge in [0.1, 0.15) is 5.76 Å². The van der Waals surface area contributed by atoms with E-state index in [1.807, 2.05) is 25.1 Å². The Hall–Kier alpha value is -2.15. The Labute approximate surface area is 142 Å². The molecule has 0 saturated carbocycles. The fourth-order valence-corrected chi connectivity index (χ4v) is 2.83. The van der Waals surface area contributed by atoms with Crippen molar-refractivity contribution in [2.24, 2.45) is 5.92 Å². The number of carbonyl (C=O) groups excluding carboxylic acids is 2. The molecule has 0 spiro atoms. The van der Waals surface area contributed by atoms with Crippen molar-refractivity contribution in [2.75, 3.05) is 16.8 Å². The molecule has 1 aromatic heterocycles. The van der Waals surface area contributed by atoms with Gasteiger partial charge in [0.05, 0.1) is 5.92 Å². The maximum Gasteiger partial charge on any atom is 0.231 e. The lowest BCUT2D eigenvalue weighted by atomic mass is 10.1. The van der Waals surface area contributed by atoms with Crippen LogP contribution in [-0.4, -0.2) is 23.5 Å². The summed E-state index contributed by atoms with van der Waals surface area (Å²) in [6, 6.07) is 7.35. The number of amides is 2. The first-order valence-electron chi connectivity index (χ1n) is 7.25. The van der Waals surface area contributed by atoms with Crippen LogP contribution >= 0.6 is 15.9 Å². The van der Waals surface area contributed by atoms with Gasteiger partial charge in [-0.2, -0.15) is 0 Å². The summed E-state index contributed by atoms with van der Waals surface area (Å²) < 4.78 is 5.91. The van der Waals surface area contributed by atoms with Crippen molar-refractivity contribution in [3.8, 4) is 0 Å². The molecule has 2 amide bonds. The van der Waals surface area contributed by atoms with Gasteiger partial charge in [0.15, 0.2) is 5.82 Å². The predicted octanol–water partition coefficient (Wildman–Crippen LogP) is 3.05. The molecular formula is C16H16BrN3O3. The Bertz CT molecular complexity index is 772. The van der Waals surface area contributed by atoms with Crippen LogP contribution in [0, 0.1) is 19.8 Å². The lowest BCUT2D eigenvalue weighted by Crippen LogP contribution is -2.28. The molecule has 23 heavy (non-hydrogen) atoms. The largest absolute Gasteiger partial charge is 0.360 e. The highest BCUT2D eigenvalue weighted by Gasteiger charge is 2.35. The minimum Gasteiger partial charge on any atom is -0.360 e. The van der Waals surface area contributed by atoms with Gasteiger partial charge in [-0.3, -0.25) is 9.59 Å². The molecule has 1 atom stereocenters. The zero-order valence-corrected chi connectivity index (χ0v) is 14.4. The highest BCUT2D eigenvalue weighted by Crippen LogP contribution is 2.29. The van der Waals surface area contributed by atoms with E-state index in [2.05, 4.69) is 26.4 Å². The Morgan fingerprint density at radius 2 is 2.17 bits per heavy atom. The van der Waals surface area contributed by atoms with Crippen molar-refractivity contribution >= 4 is 39.2 Å². The molecule has 120 valence electrons. The summed E-state index contributed by atoms with van der Waals surface area (Å²) in [7, 11) is 0. The van der Waals surface area contributed by atoms with Gasteiger partial charge in [-0.05, 0) is 37.6 Å². The number of nitrogens with one attached hydrogen (secondary N) is 1. The maximum atomic E-state index is 12.3. The third-order valence-corrected chi connectivity index (χ3v) is 4.72. The Morgan fingerprint density at radius 1 is 1.39 bits per heavy atom. The average molecular weight is 378 g/mol. The van der Waals surface area contributed by atoms with Crippen LogP contribution in [-0.2, 0) is 9.59 Å². The summed E-state index contributed by atoms with van der Waals surface area (Å²) in [5, 5.41) is 6.42. The fourth-order valence-electron chi connectivity index (χ4n) is 2.58. The minimum absolute atomic E-state index is 0.0526. The molecule has 1 aromatic carbocycles. The second-order valence-corrected chi connectivity index (χ2v) is 6.51. The van der Waals surface area contributed by atoms with Gasteiger partial charge in [0, 0.05) is 29.2 Å². The third-order valence-electron chi connectivity index (χ3n) is 3.83. The molecule has 1 N–H and O–H groups in total. The topological polar surface area (TPSA) is 75.4 Å². The summed E-state index contributed by atoms with van der Waals surface area (Å²) in [6.07, 6.45) is 0.192. The molecule has 0 aliphatic carbocycles. The summed E-state index contributed by atoms with van der Waals surface area (Å²) in [5.41, 5.74) is 1.85. The number of benzene rings is 1. The molecule has 0 unspecified atom stereocenters. The Balaban J connectivity index is 1.71. The average Bonchev–Trinajstić information content (AvgIpc) is 3.08. The van der Waals surface area contributed by atoms with E-state index in [4.69, 9.17) is 4.52 Å². The van der Waals surface area contributed by atoms with Crippen LogP contribution in [0.1, 0.15) is 17.7 Å². The van der Waals surface area contributed by atoms with Crippen molar-refractivity contribution in [2.45, 2.75) is 20.3 Å². The van der Waals surface area contributed by atoms with E-state index >= 15 is 0 Å². The number of hydrogen-bond acceptors (Lipinski definition) is 4. The molecule has 1 fully saturated rings. The molecule has 6 nitrogen and oxygen atoms in total. The van der Waals surface area contributed by atoms with Gasteiger partial charge >= 0.3 is 0 Å². The van der Waals surface area contributed by atoms with E-state index in [-0.39, 0.29) is 18.2 Å². The predicted molar refractivity (Wildman–Crippen MR) is 89.2 cm³/mol. The van der Waals surface area contributed by atoms with Crippen LogP contribution in [0.4, 0.5) is 11.5 Å². The molecule has 2 heterocycles. The van der Waals surface area contributed by atoms with Crippen LogP contribution in [0.15, 0.2) is 33.3 Å². The maximum absolute atomic E-state index is 12.3. The smallest absolute Gasteiger partial charge is 0.231 e. The van der Waals surface area contributed by atoms with E-state index < -0.39 is 5.92 Å². The number of rotatable bonds is 3. The number of carbonyl (C=O) groups is 2. The van der Waals surface area contributed by atoms with Crippen LogP contribution in [0.3, 0.4) is 0 Å². The van der Waals surface area contributed by atoms with Crippen LogP contribution in [0.2, 0.25) is 0 Å². The van der Waals surface area contributed by atoms with Gasteiger partial charge in [0.2, 0.25) is 11.8 Å². The number of aryl methyl sites for hydroxylation is 2. The third kappa shape index (κ3) is 3.29. The first-order chi connectivity index (χ1) is 10.9. The van der Waals surface area contributed by atoms with E-state index in [0.29, 0.717) is 18.1 Å². The molecule has 0 bridgehead atoms. The van der Waals surface area contributed by atoms with Crippen LogP contribution in [0.5, 0.6) is 0 Å². The van der Waals surface area contributed by atoms with Crippen molar-refractivity contribution in [1.82, 2.24) is 5.16 Å². The number of hydrogen-bond donors (Lipinski definition) is 1. The van der Waals surface area contributed by atoms with Gasteiger partial charge in [-0.25, -0.2) is 0 Å². The molecule has 0 radical (unpaired) electrons. The van der Waals surface area contributed by atoms with Crippen molar-refractivity contribution in [1.29, 1.82) is 0 Å². The van der Waals surface area contributed by atoms with Gasteiger partial charge in [0.25, 0.3) is 0 Å². The first-order valence-corrected chi connectivity index (χ1v) is 8.04. The summed E-state index contributed by atoms with van der Waals surface area (Å²) in [5.74, 6) is 0.322. The van der Waals surface area contributed by atoms with Crippen LogP contribution < -0.4 is 10.2 Å². The Kier molecular flexibility index (Phi) is 4.21. The quantitative estimate of drug-likeness (QED) is 0.891. The van der Waals surface area contributed by atoms with Gasteiger partial charge < -0.3 is 14.7 Å². The number of halogens is 1. The second kappa shape index (κ2) is 6.16. The molecule has 1 aliphatic heterocycles. The van der Waals surface area contributed by atoms with Crippen molar-refractivity contribution in [3.63, 3.8) is 0 Å². The van der Waals surface area contributed by atoms with Gasteiger partial charge in [-0.1, -0.05) is 21.1 Å². The van der Waals surface area contributed by atoms with Crippen molar-refractivity contribution < 1.29 is 14.1 Å².